The molecule has 0 spiro atoms. The predicted molar refractivity (Wildman–Crippen MR) is 70.9 cm³/mol. The van der Waals surface area contributed by atoms with Crippen molar-refractivity contribution in [3.05, 3.63) is 29.3 Å². The summed E-state index contributed by atoms with van der Waals surface area (Å²) in [6.45, 7) is 6.86. The smallest absolute Gasteiger partial charge is 0.0779 e. The summed E-state index contributed by atoms with van der Waals surface area (Å²) in [6, 6.07) is 6.23. The van der Waals surface area contributed by atoms with Crippen molar-refractivity contribution in [3.8, 4) is 0 Å². The van der Waals surface area contributed by atoms with E-state index in [4.69, 9.17) is 10.5 Å². The second-order valence-electron chi connectivity index (χ2n) is 5.20. The van der Waals surface area contributed by atoms with E-state index < -0.39 is 0 Å². The van der Waals surface area contributed by atoms with Crippen molar-refractivity contribution in [2.45, 2.75) is 38.8 Å². The summed E-state index contributed by atoms with van der Waals surface area (Å²) in [5.74, 6) is 0. The van der Waals surface area contributed by atoms with Gasteiger partial charge >= 0.3 is 0 Å². The van der Waals surface area contributed by atoms with E-state index in [9.17, 15) is 0 Å². The van der Waals surface area contributed by atoms with Gasteiger partial charge in [0.1, 0.15) is 0 Å². The third-order valence-corrected chi connectivity index (χ3v) is 3.47. The molecule has 1 fully saturated rings. The third kappa shape index (κ3) is 3.20. The van der Waals surface area contributed by atoms with E-state index in [1.807, 2.05) is 13.0 Å². The lowest BCUT2D eigenvalue weighted by Crippen LogP contribution is -2.36. The molecule has 1 aromatic rings. The molecule has 1 aliphatic heterocycles. The van der Waals surface area contributed by atoms with Crippen LogP contribution in [0, 0.1) is 6.92 Å². The van der Waals surface area contributed by atoms with Crippen LogP contribution < -0.4 is 11.1 Å². The molecule has 0 aliphatic carbocycles. The summed E-state index contributed by atoms with van der Waals surface area (Å²) in [5, 5.41) is 3.45. The van der Waals surface area contributed by atoms with Crippen LogP contribution in [0.25, 0.3) is 0 Å². The average Bonchev–Trinajstić information content (AvgIpc) is 2.71. The number of rotatable bonds is 4. The lowest BCUT2D eigenvalue weighted by atomic mass is 10.0. The highest BCUT2D eigenvalue weighted by molar-refractivity contribution is 5.48. The fraction of sp³-hybridized carbons (Fsp3) is 0.571. The highest BCUT2D eigenvalue weighted by atomic mass is 16.5. The Kier molecular flexibility index (Phi) is 3.69. The van der Waals surface area contributed by atoms with Gasteiger partial charge in [0, 0.05) is 25.4 Å². The SMILES string of the molecule is Cc1ccc(CNCC2(C)CCCO2)cc1N. The molecule has 0 saturated carbocycles. The minimum Gasteiger partial charge on any atom is -0.399 e. The number of benzene rings is 1. The van der Waals surface area contributed by atoms with Crippen molar-refractivity contribution in [3.63, 3.8) is 0 Å². The van der Waals surface area contributed by atoms with Gasteiger partial charge in [0.15, 0.2) is 0 Å². The topological polar surface area (TPSA) is 47.3 Å². The molecule has 1 unspecified atom stereocenters. The van der Waals surface area contributed by atoms with Crippen molar-refractivity contribution in [2.75, 3.05) is 18.9 Å². The Morgan fingerprint density at radius 2 is 2.29 bits per heavy atom. The highest BCUT2D eigenvalue weighted by Crippen LogP contribution is 2.24. The number of hydrogen-bond acceptors (Lipinski definition) is 3. The molecular formula is C14H22N2O. The number of hydrogen-bond donors (Lipinski definition) is 2. The molecule has 3 nitrogen and oxygen atoms in total. The van der Waals surface area contributed by atoms with Crippen LogP contribution in [0.15, 0.2) is 18.2 Å². The van der Waals surface area contributed by atoms with Crippen LogP contribution in [-0.4, -0.2) is 18.8 Å². The third-order valence-electron chi connectivity index (χ3n) is 3.47. The predicted octanol–water partition coefficient (Wildman–Crippen LogP) is 2.24. The maximum atomic E-state index is 5.89. The summed E-state index contributed by atoms with van der Waals surface area (Å²) in [4.78, 5) is 0. The Morgan fingerprint density at radius 3 is 2.94 bits per heavy atom. The van der Waals surface area contributed by atoms with Crippen LogP contribution in [-0.2, 0) is 11.3 Å². The summed E-state index contributed by atoms with van der Waals surface area (Å²) < 4.78 is 5.73. The second-order valence-corrected chi connectivity index (χ2v) is 5.20. The zero-order valence-corrected chi connectivity index (χ0v) is 10.8. The largest absolute Gasteiger partial charge is 0.399 e. The van der Waals surface area contributed by atoms with E-state index in [1.54, 1.807) is 0 Å². The van der Waals surface area contributed by atoms with Crippen LogP contribution in [0.4, 0.5) is 5.69 Å². The molecule has 1 saturated heterocycles. The van der Waals surface area contributed by atoms with Crippen molar-refractivity contribution >= 4 is 5.69 Å². The molecule has 0 radical (unpaired) electrons. The monoisotopic (exact) mass is 234 g/mol. The zero-order valence-electron chi connectivity index (χ0n) is 10.8. The van der Waals surface area contributed by atoms with Crippen molar-refractivity contribution in [2.24, 2.45) is 0 Å². The summed E-state index contributed by atoms with van der Waals surface area (Å²) in [7, 11) is 0. The summed E-state index contributed by atoms with van der Waals surface area (Å²) in [5.41, 5.74) is 9.15. The summed E-state index contributed by atoms with van der Waals surface area (Å²) in [6.07, 6.45) is 2.33. The second kappa shape index (κ2) is 5.07. The van der Waals surface area contributed by atoms with Gasteiger partial charge in [-0.2, -0.15) is 0 Å². The number of aryl methyl sites for hydroxylation is 1. The molecular weight excluding hydrogens is 212 g/mol. The fourth-order valence-electron chi connectivity index (χ4n) is 2.25. The first-order valence-corrected chi connectivity index (χ1v) is 6.29. The highest BCUT2D eigenvalue weighted by Gasteiger charge is 2.28. The number of ether oxygens (including phenoxy) is 1. The van der Waals surface area contributed by atoms with Gasteiger partial charge < -0.3 is 15.8 Å². The first kappa shape index (κ1) is 12.4. The molecule has 1 aromatic carbocycles. The van der Waals surface area contributed by atoms with Gasteiger partial charge in [-0.05, 0) is 43.9 Å². The fourth-order valence-corrected chi connectivity index (χ4v) is 2.25. The number of nitrogen functional groups attached to an aromatic ring is 1. The van der Waals surface area contributed by atoms with Crippen molar-refractivity contribution < 1.29 is 4.74 Å². The Morgan fingerprint density at radius 1 is 1.47 bits per heavy atom. The van der Waals surface area contributed by atoms with Crippen LogP contribution in [0.2, 0.25) is 0 Å². The van der Waals surface area contributed by atoms with Crippen molar-refractivity contribution in [1.29, 1.82) is 0 Å². The van der Waals surface area contributed by atoms with E-state index in [1.165, 1.54) is 12.0 Å². The van der Waals surface area contributed by atoms with Gasteiger partial charge in [0.25, 0.3) is 0 Å². The number of nitrogens with one attached hydrogen (secondary N) is 1. The maximum absolute atomic E-state index is 5.89. The lowest BCUT2D eigenvalue weighted by molar-refractivity contribution is 0.0207. The number of anilines is 1. The Balaban J connectivity index is 1.83. The quantitative estimate of drug-likeness (QED) is 0.785. The van der Waals surface area contributed by atoms with E-state index in [2.05, 4.69) is 24.4 Å². The molecule has 0 bridgehead atoms. The van der Waals surface area contributed by atoms with Gasteiger partial charge in [0.05, 0.1) is 5.60 Å². The van der Waals surface area contributed by atoms with Crippen LogP contribution in [0.5, 0.6) is 0 Å². The Hall–Kier alpha value is -1.06. The first-order chi connectivity index (χ1) is 8.09. The van der Waals surface area contributed by atoms with E-state index in [0.29, 0.717) is 0 Å². The van der Waals surface area contributed by atoms with Crippen LogP contribution in [0.1, 0.15) is 30.9 Å². The van der Waals surface area contributed by atoms with E-state index >= 15 is 0 Å². The molecule has 1 heterocycles. The normalized spacial score (nSPS) is 24.1. The molecule has 94 valence electrons. The molecule has 2 rings (SSSR count). The Labute approximate surface area is 103 Å². The minimum absolute atomic E-state index is 0.0240. The summed E-state index contributed by atoms with van der Waals surface area (Å²) >= 11 is 0. The van der Waals surface area contributed by atoms with Crippen LogP contribution >= 0.6 is 0 Å². The maximum Gasteiger partial charge on any atom is 0.0779 e. The van der Waals surface area contributed by atoms with Crippen molar-refractivity contribution in [1.82, 2.24) is 5.32 Å². The zero-order chi connectivity index (χ0) is 12.3. The van der Waals surface area contributed by atoms with Gasteiger partial charge in [-0.25, -0.2) is 0 Å². The Bertz CT molecular complexity index is 384. The molecule has 3 heteroatoms. The molecule has 0 aromatic heterocycles. The van der Waals surface area contributed by atoms with Gasteiger partial charge in [-0.15, -0.1) is 0 Å². The minimum atomic E-state index is 0.0240. The first-order valence-electron chi connectivity index (χ1n) is 6.29. The van der Waals surface area contributed by atoms with Gasteiger partial charge in [-0.3, -0.25) is 0 Å². The molecule has 0 amide bonds. The number of nitrogens with two attached hydrogens (primary N) is 1. The van der Waals surface area contributed by atoms with E-state index in [-0.39, 0.29) is 5.60 Å². The molecule has 17 heavy (non-hydrogen) atoms. The van der Waals surface area contributed by atoms with Gasteiger partial charge in [0.2, 0.25) is 0 Å². The van der Waals surface area contributed by atoms with E-state index in [0.717, 1.165) is 37.4 Å². The standard InChI is InChI=1S/C14H22N2O/c1-11-4-5-12(8-13(11)15)9-16-10-14(2)6-3-7-17-14/h4-5,8,16H,3,6-7,9-10,15H2,1-2H3. The molecule has 1 atom stereocenters. The molecule has 1 aliphatic rings. The lowest BCUT2D eigenvalue weighted by Gasteiger charge is -2.23. The average molecular weight is 234 g/mol. The van der Waals surface area contributed by atoms with Gasteiger partial charge in [-0.1, -0.05) is 12.1 Å². The molecule has 3 N–H and O–H groups in total. The van der Waals surface area contributed by atoms with Crippen LogP contribution in [0.3, 0.4) is 0 Å².